The molecule has 17 heavy (non-hydrogen) atoms. The molecule has 0 saturated carbocycles. The Hall–Kier alpha value is -2.04. The van der Waals surface area contributed by atoms with Crippen molar-refractivity contribution < 1.29 is 19.1 Å². The first-order valence-electron chi connectivity index (χ1n) is 5.34. The fraction of sp³-hybridized carbons (Fsp3) is 0.333. The summed E-state index contributed by atoms with van der Waals surface area (Å²) < 4.78 is 10.7. The summed E-state index contributed by atoms with van der Waals surface area (Å²) in [6, 6.07) is 4.95. The molecule has 0 spiro atoms. The Kier molecular flexibility index (Phi) is 3.27. The van der Waals surface area contributed by atoms with E-state index >= 15 is 0 Å². The molecule has 0 aromatic heterocycles. The van der Waals surface area contributed by atoms with Gasteiger partial charge in [0, 0.05) is 5.56 Å². The zero-order chi connectivity index (χ0) is 12.3. The molecule has 2 rings (SSSR count). The van der Waals surface area contributed by atoms with E-state index in [1.807, 2.05) is 0 Å². The van der Waals surface area contributed by atoms with Gasteiger partial charge >= 0.3 is 0 Å². The molecular weight excluding hydrogens is 222 g/mol. The average molecular weight is 235 g/mol. The number of nitrogens with one attached hydrogen (secondary N) is 1. The van der Waals surface area contributed by atoms with Gasteiger partial charge in [-0.2, -0.15) is 0 Å². The van der Waals surface area contributed by atoms with Gasteiger partial charge in [-0.05, 0) is 25.1 Å². The van der Waals surface area contributed by atoms with E-state index in [4.69, 9.17) is 9.47 Å². The Morgan fingerprint density at radius 1 is 1.24 bits per heavy atom. The standard InChI is InChI=1S/C12H13NO4/c1-8(14)7-13-12(15)9-2-3-10-11(6-9)17-5-4-16-10/h2-3,6H,4-5,7H2,1H3,(H,13,15). The number of hydrogen-bond donors (Lipinski definition) is 1. The zero-order valence-electron chi connectivity index (χ0n) is 9.49. The van der Waals surface area contributed by atoms with Crippen LogP contribution in [0, 0.1) is 0 Å². The highest BCUT2D eigenvalue weighted by molar-refractivity contribution is 5.97. The van der Waals surface area contributed by atoms with Gasteiger partial charge in [-0.15, -0.1) is 0 Å². The van der Waals surface area contributed by atoms with E-state index in [-0.39, 0.29) is 18.2 Å². The van der Waals surface area contributed by atoms with Crippen LogP contribution in [0.25, 0.3) is 0 Å². The quantitative estimate of drug-likeness (QED) is 0.840. The van der Waals surface area contributed by atoms with Crippen molar-refractivity contribution in [1.82, 2.24) is 5.32 Å². The molecule has 1 aliphatic rings. The van der Waals surface area contributed by atoms with E-state index in [0.29, 0.717) is 30.3 Å². The van der Waals surface area contributed by atoms with Gasteiger partial charge in [-0.25, -0.2) is 0 Å². The number of ketones is 1. The molecule has 90 valence electrons. The molecule has 0 bridgehead atoms. The van der Waals surface area contributed by atoms with Crippen molar-refractivity contribution in [2.45, 2.75) is 6.92 Å². The fourth-order valence-corrected chi connectivity index (χ4v) is 1.49. The maximum atomic E-state index is 11.7. The third-order valence-electron chi connectivity index (χ3n) is 2.30. The van der Waals surface area contributed by atoms with Crippen molar-refractivity contribution in [1.29, 1.82) is 0 Å². The molecular formula is C12H13NO4. The van der Waals surface area contributed by atoms with Gasteiger partial charge in [-0.1, -0.05) is 0 Å². The van der Waals surface area contributed by atoms with Crippen LogP contribution in [0.2, 0.25) is 0 Å². The second-order valence-corrected chi connectivity index (χ2v) is 3.74. The highest BCUT2D eigenvalue weighted by atomic mass is 16.6. The first kappa shape index (κ1) is 11.4. The molecule has 0 radical (unpaired) electrons. The normalized spacial score (nSPS) is 13.0. The summed E-state index contributed by atoms with van der Waals surface area (Å²) in [5.41, 5.74) is 0.454. The van der Waals surface area contributed by atoms with Gasteiger partial charge in [-0.3, -0.25) is 9.59 Å². The van der Waals surface area contributed by atoms with E-state index in [0.717, 1.165) is 0 Å². The number of benzene rings is 1. The second kappa shape index (κ2) is 4.86. The number of fused-ring (bicyclic) bond motifs is 1. The van der Waals surface area contributed by atoms with Crippen LogP contribution < -0.4 is 14.8 Å². The molecule has 0 saturated heterocycles. The molecule has 5 heteroatoms. The lowest BCUT2D eigenvalue weighted by Gasteiger charge is -2.18. The van der Waals surface area contributed by atoms with E-state index in [2.05, 4.69) is 5.32 Å². The van der Waals surface area contributed by atoms with E-state index in [1.165, 1.54) is 6.92 Å². The van der Waals surface area contributed by atoms with Crippen molar-refractivity contribution in [3.05, 3.63) is 23.8 Å². The smallest absolute Gasteiger partial charge is 0.251 e. The largest absolute Gasteiger partial charge is 0.486 e. The Labute approximate surface area is 98.7 Å². The van der Waals surface area contributed by atoms with Gasteiger partial charge in [0.05, 0.1) is 6.54 Å². The van der Waals surface area contributed by atoms with Crippen LogP contribution in [0.3, 0.4) is 0 Å². The molecule has 1 aromatic carbocycles. The van der Waals surface area contributed by atoms with Gasteiger partial charge in [0.25, 0.3) is 5.91 Å². The third kappa shape index (κ3) is 2.75. The number of carbonyl (C=O) groups excluding carboxylic acids is 2. The number of hydrogen-bond acceptors (Lipinski definition) is 4. The minimum absolute atomic E-state index is 0.0350. The number of carbonyl (C=O) groups is 2. The Bertz CT molecular complexity index is 456. The van der Waals surface area contributed by atoms with Crippen LogP contribution in [0.5, 0.6) is 11.5 Å². The summed E-state index contributed by atoms with van der Waals surface area (Å²) in [6.45, 7) is 2.45. The SMILES string of the molecule is CC(=O)CNC(=O)c1ccc2c(c1)OCCO2. The predicted octanol–water partition coefficient (Wildman–Crippen LogP) is 0.777. The summed E-state index contributed by atoms with van der Waals surface area (Å²) in [6.07, 6.45) is 0. The van der Waals surface area contributed by atoms with Crippen molar-refractivity contribution in [3.63, 3.8) is 0 Å². The molecule has 0 aliphatic carbocycles. The predicted molar refractivity (Wildman–Crippen MR) is 60.4 cm³/mol. The molecule has 1 N–H and O–H groups in total. The summed E-state index contributed by atoms with van der Waals surface area (Å²) in [5.74, 6) is 0.819. The summed E-state index contributed by atoms with van der Waals surface area (Å²) >= 11 is 0. The number of amides is 1. The van der Waals surface area contributed by atoms with Crippen LogP contribution in [0.4, 0.5) is 0 Å². The minimum atomic E-state index is -0.294. The minimum Gasteiger partial charge on any atom is -0.486 e. The van der Waals surface area contributed by atoms with Crippen molar-refractivity contribution >= 4 is 11.7 Å². The number of rotatable bonds is 3. The van der Waals surface area contributed by atoms with E-state index in [1.54, 1.807) is 18.2 Å². The average Bonchev–Trinajstić information content (AvgIpc) is 2.35. The highest BCUT2D eigenvalue weighted by Crippen LogP contribution is 2.30. The topological polar surface area (TPSA) is 64.6 Å². The molecule has 0 unspecified atom stereocenters. The fourth-order valence-electron chi connectivity index (χ4n) is 1.49. The molecule has 1 amide bonds. The molecule has 5 nitrogen and oxygen atoms in total. The second-order valence-electron chi connectivity index (χ2n) is 3.74. The number of Topliss-reactive ketones (excluding diaryl/α,β-unsaturated/α-hetero) is 1. The lowest BCUT2D eigenvalue weighted by atomic mass is 10.2. The Balaban J connectivity index is 2.11. The summed E-state index contributed by atoms with van der Waals surface area (Å²) in [7, 11) is 0. The highest BCUT2D eigenvalue weighted by Gasteiger charge is 2.14. The van der Waals surface area contributed by atoms with E-state index in [9.17, 15) is 9.59 Å². The van der Waals surface area contributed by atoms with Gasteiger partial charge in [0.2, 0.25) is 0 Å². The lowest BCUT2D eigenvalue weighted by molar-refractivity contribution is -0.116. The maximum absolute atomic E-state index is 11.7. The summed E-state index contributed by atoms with van der Waals surface area (Å²) in [5, 5.41) is 2.52. The van der Waals surface area contributed by atoms with Crippen LogP contribution in [-0.4, -0.2) is 31.4 Å². The molecule has 0 atom stereocenters. The van der Waals surface area contributed by atoms with Crippen LogP contribution in [0.1, 0.15) is 17.3 Å². The molecule has 1 aliphatic heterocycles. The zero-order valence-corrected chi connectivity index (χ0v) is 9.49. The number of ether oxygens (including phenoxy) is 2. The van der Waals surface area contributed by atoms with Gasteiger partial charge < -0.3 is 14.8 Å². The maximum Gasteiger partial charge on any atom is 0.251 e. The lowest BCUT2D eigenvalue weighted by Crippen LogP contribution is -2.28. The first-order chi connectivity index (χ1) is 8.16. The van der Waals surface area contributed by atoms with Crippen molar-refractivity contribution in [2.24, 2.45) is 0 Å². The van der Waals surface area contributed by atoms with Crippen molar-refractivity contribution in [2.75, 3.05) is 19.8 Å². The van der Waals surface area contributed by atoms with Crippen LogP contribution >= 0.6 is 0 Å². The van der Waals surface area contributed by atoms with Gasteiger partial charge in [0.1, 0.15) is 19.0 Å². The van der Waals surface area contributed by atoms with E-state index < -0.39 is 0 Å². The van der Waals surface area contributed by atoms with Crippen molar-refractivity contribution in [3.8, 4) is 11.5 Å². The van der Waals surface area contributed by atoms with Crippen LogP contribution in [-0.2, 0) is 4.79 Å². The summed E-state index contributed by atoms with van der Waals surface area (Å²) in [4.78, 5) is 22.4. The molecule has 0 fully saturated rings. The molecule has 1 aromatic rings. The Morgan fingerprint density at radius 3 is 2.65 bits per heavy atom. The molecule has 1 heterocycles. The Morgan fingerprint density at radius 2 is 1.94 bits per heavy atom. The monoisotopic (exact) mass is 235 g/mol. The third-order valence-corrected chi connectivity index (χ3v) is 2.30. The van der Waals surface area contributed by atoms with Gasteiger partial charge in [0.15, 0.2) is 11.5 Å². The van der Waals surface area contributed by atoms with Crippen LogP contribution in [0.15, 0.2) is 18.2 Å². The first-order valence-corrected chi connectivity index (χ1v) is 5.34.